The normalized spacial score (nSPS) is 11.4. The number of hydrogen-bond acceptors (Lipinski definition) is 2. The Balaban J connectivity index is 2.67. The van der Waals surface area contributed by atoms with Crippen LogP contribution in [0.1, 0.15) is 43.4 Å². The highest BCUT2D eigenvalue weighted by molar-refractivity contribution is 5.82. The van der Waals surface area contributed by atoms with Crippen LogP contribution in [-0.2, 0) is 16.0 Å². The van der Waals surface area contributed by atoms with E-state index in [1.165, 1.54) is 5.56 Å². The predicted molar refractivity (Wildman–Crippen MR) is 75.3 cm³/mol. The lowest BCUT2D eigenvalue weighted by atomic mass is 9.82. The molecular formula is C16H22O3. The molecule has 104 valence electrons. The van der Waals surface area contributed by atoms with Gasteiger partial charge in [-0.1, -0.05) is 37.6 Å². The Hall–Kier alpha value is -1.64. The maximum absolute atomic E-state index is 12.1. The van der Waals surface area contributed by atoms with E-state index in [1.807, 2.05) is 39.8 Å². The van der Waals surface area contributed by atoms with Crippen LogP contribution in [0.3, 0.4) is 0 Å². The molecule has 0 fully saturated rings. The van der Waals surface area contributed by atoms with E-state index in [9.17, 15) is 9.59 Å². The number of aliphatic carboxylic acids is 1. The number of benzene rings is 1. The van der Waals surface area contributed by atoms with Gasteiger partial charge in [-0.2, -0.15) is 0 Å². The van der Waals surface area contributed by atoms with E-state index in [2.05, 4.69) is 6.07 Å². The number of ketones is 1. The molecule has 0 bridgehead atoms. The van der Waals surface area contributed by atoms with Gasteiger partial charge in [-0.05, 0) is 30.4 Å². The minimum Gasteiger partial charge on any atom is -0.481 e. The fraction of sp³-hybridized carbons (Fsp3) is 0.500. The molecule has 0 saturated heterocycles. The van der Waals surface area contributed by atoms with Crippen LogP contribution in [0, 0.1) is 19.3 Å². The first-order chi connectivity index (χ1) is 8.69. The number of Topliss-reactive ketones (excluding diaryl/α,β-unsaturated/α-hetero) is 1. The molecule has 0 aromatic heterocycles. The van der Waals surface area contributed by atoms with Gasteiger partial charge in [0.2, 0.25) is 0 Å². The van der Waals surface area contributed by atoms with Crippen molar-refractivity contribution in [3.8, 4) is 0 Å². The lowest BCUT2D eigenvalue weighted by molar-refractivity contribution is -0.139. The zero-order chi connectivity index (χ0) is 14.6. The fourth-order valence-electron chi connectivity index (χ4n) is 2.32. The molecule has 3 nitrogen and oxygen atoms in total. The van der Waals surface area contributed by atoms with E-state index >= 15 is 0 Å². The smallest absolute Gasteiger partial charge is 0.303 e. The summed E-state index contributed by atoms with van der Waals surface area (Å²) in [6.45, 7) is 7.66. The third-order valence-electron chi connectivity index (χ3n) is 3.19. The van der Waals surface area contributed by atoms with E-state index in [4.69, 9.17) is 5.11 Å². The molecule has 0 saturated carbocycles. The molecule has 0 aliphatic carbocycles. The molecule has 0 aliphatic heterocycles. The minimum absolute atomic E-state index is 0.0195. The Labute approximate surface area is 114 Å². The second kappa shape index (κ2) is 6.00. The Morgan fingerprint density at radius 3 is 2.32 bits per heavy atom. The van der Waals surface area contributed by atoms with Gasteiger partial charge in [0.1, 0.15) is 5.78 Å². The van der Waals surface area contributed by atoms with Crippen molar-refractivity contribution in [2.24, 2.45) is 5.41 Å². The Bertz CT molecular complexity index is 487. The van der Waals surface area contributed by atoms with Crippen molar-refractivity contribution < 1.29 is 14.7 Å². The van der Waals surface area contributed by atoms with Crippen LogP contribution in [0.2, 0.25) is 0 Å². The summed E-state index contributed by atoms with van der Waals surface area (Å²) in [7, 11) is 0. The van der Waals surface area contributed by atoms with Crippen molar-refractivity contribution in [3.63, 3.8) is 0 Å². The van der Waals surface area contributed by atoms with Gasteiger partial charge in [-0.15, -0.1) is 0 Å². The van der Waals surface area contributed by atoms with Crippen molar-refractivity contribution in [2.45, 2.75) is 47.0 Å². The van der Waals surface area contributed by atoms with Crippen LogP contribution in [0.5, 0.6) is 0 Å². The number of carbonyl (C=O) groups excluding carboxylic acids is 1. The molecule has 0 amide bonds. The maximum atomic E-state index is 12.1. The van der Waals surface area contributed by atoms with Crippen molar-refractivity contribution in [2.75, 3.05) is 0 Å². The summed E-state index contributed by atoms with van der Waals surface area (Å²) in [5.74, 6) is -0.762. The van der Waals surface area contributed by atoms with Crippen LogP contribution in [0.4, 0.5) is 0 Å². The van der Waals surface area contributed by atoms with Gasteiger partial charge in [-0.3, -0.25) is 9.59 Å². The van der Waals surface area contributed by atoms with Crippen LogP contribution in [0.15, 0.2) is 18.2 Å². The van der Waals surface area contributed by atoms with E-state index in [0.717, 1.165) is 11.1 Å². The van der Waals surface area contributed by atoms with Crippen molar-refractivity contribution in [3.05, 3.63) is 34.9 Å². The third-order valence-corrected chi connectivity index (χ3v) is 3.19. The first kappa shape index (κ1) is 15.4. The highest BCUT2D eigenvalue weighted by atomic mass is 16.4. The summed E-state index contributed by atoms with van der Waals surface area (Å²) >= 11 is 0. The molecule has 0 radical (unpaired) electrons. The monoisotopic (exact) mass is 262 g/mol. The van der Waals surface area contributed by atoms with Crippen molar-refractivity contribution >= 4 is 11.8 Å². The maximum Gasteiger partial charge on any atom is 0.303 e. The summed E-state index contributed by atoms with van der Waals surface area (Å²) in [4.78, 5) is 22.8. The summed E-state index contributed by atoms with van der Waals surface area (Å²) in [5, 5.41) is 8.82. The average Bonchev–Trinajstić information content (AvgIpc) is 2.19. The lowest BCUT2D eigenvalue weighted by Crippen LogP contribution is -2.22. The molecule has 0 unspecified atom stereocenters. The molecule has 0 spiro atoms. The molecule has 1 rings (SSSR count). The molecule has 19 heavy (non-hydrogen) atoms. The second-order valence-electron chi connectivity index (χ2n) is 6.06. The number of rotatable bonds is 6. The number of aryl methyl sites for hydroxylation is 2. The van der Waals surface area contributed by atoms with E-state index in [-0.39, 0.29) is 12.2 Å². The topological polar surface area (TPSA) is 54.4 Å². The predicted octanol–water partition coefficient (Wildman–Crippen LogP) is 3.31. The Morgan fingerprint density at radius 1 is 1.16 bits per heavy atom. The van der Waals surface area contributed by atoms with Gasteiger partial charge in [0.15, 0.2) is 0 Å². The average molecular weight is 262 g/mol. The van der Waals surface area contributed by atoms with E-state index in [1.54, 1.807) is 0 Å². The molecule has 0 heterocycles. The van der Waals surface area contributed by atoms with E-state index < -0.39 is 11.4 Å². The van der Waals surface area contributed by atoms with Crippen LogP contribution >= 0.6 is 0 Å². The number of carboxylic acids is 1. The van der Waals surface area contributed by atoms with Crippen molar-refractivity contribution in [1.29, 1.82) is 0 Å². The van der Waals surface area contributed by atoms with Crippen LogP contribution in [-0.4, -0.2) is 16.9 Å². The molecule has 1 aromatic carbocycles. The summed E-state index contributed by atoms with van der Waals surface area (Å²) in [6.07, 6.45) is 0.702. The molecular weight excluding hydrogens is 240 g/mol. The van der Waals surface area contributed by atoms with Gasteiger partial charge in [0.05, 0.1) is 6.42 Å². The van der Waals surface area contributed by atoms with Crippen LogP contribution < -0.4 is 0 Å². The largest absolute Gasteiger partial charge is 0.481 e. The summed E-state index contributed by atoms with van der Waals surface area (Å²) < 4.78 is 0. The van der Waals surface area contributed by atoms with Gasteiger partial charge in [0.25, 0.3) is 0 Å². The molecule has 1 aromatic rings. The van der Waals surface area contributed by atoms with Gasteiger partial charge in [0, 0.05) is 12.8 Å². The zero-order valence-electron chi connectivity index (χ0n) is 12.1. The van der Waals surface area contributed by atoms with Gasteiger partial charge < -0.3 is 5.11 Å². The standard InChI is InChI=1S/C16H22O3/c1-11-5-6-13(12(2)7-11)8-14(17)9-16(3,4)10-15(18)19/h5-7H,8-10H2,1-4H3,(H,18,19). The summed E-state index contributed by atoms with van der Waals surface area (Å²) in [5.41, 5.74) is 2.84. The second-order valence-corrected chi connectivity index (χ2v) is 6.06. The molecule has 1 N–H and O–H groups in total. The number of carboxylic acid groups (broad SMARTS) is 1. The van der Waals surface area contributed by atoms with Gasteiger partial charge in [-0.25, -0.2) is 0 Å². The third kappa shape index (κ3) is 5.25. The quantitative estimate of drug-likeness (QED) is 0.855. The van der Waals surface area contributed by atoms with E-state index in [0.29, 0.717) is 12.8 Å². The number of carbonyl (C=O) groups is 2. The Morgan fingerprint density at radius 2 is 1.79 bits per heavy atom. The van der Waals surface area contributed by atoms with Crippen LogP contribution in [0.25, 0.3) is 0 Å². The molecule has 0 atom stereocenters. The lowest BCUT2D eigenvalue weighted by Gasteiger charge is -2.21. The zero-order valence-corrected chi connectivity index (χ0v) is 12.1. The Kier molecular flexibility index (Phi) is 4.87. The molecule has 3 heteroatoms. The number of hydrogen-bond donors (Lipinski definition) is 1. The first-order valence-corrected chi connectivity index (χ1v) is 6.49. The SMILES string of the molecule is Cc1ccc(CC(=O)CC(C)(C)CC(=O)O)c(C)c1. The fourth-order valence-corrected chi connectivity index (χ4v) is 2.32. The first-order valence-electron chi connectivity index (χ1n) is 6.49. The van der Waals surface area contributed by atoms with Crippen molar-refractivity contribution in [1.82, 2.24) is 0 Å². The summed E-state index contributed by atoms with van der Waals surface area (Å²) in [6, 6.07) is 6.04. The highest BCUT2D eigenvalue weighted by Crippen LogP contribution is 2.26. The minimum atomic E-state index is -0.857. The molecule has 0 aliphatic rings. The highest BCUT2D eigenvalue weighted by Gasteiger charge is 2.25. The van der Waals surface area contributed by atoms with Gasteiger partial charge >= 0.3 is 5.97 Å².